The van der Waals surface area contributed by atoms with E-state index in [2.05, 4.69) is 5.87 Å². The molecule has 0 amide bonds. The highest BCUT2D eigenvalue weighted by atomic mass is 32.2. The van der Waals surface area contributed by atoms with Gasteiger partial charge in [-0.05, 0) is 52.0 Å². The molecule has 0 bridgehead atoms. The molecule has 1 unspecified atom stereocenters. The summed E-state index contributed by atoms with van der Waals surface area (Å²) in [5, 5.41) is 1.85. The fourth-order valence-electron chi connectivity index (χ4n) is 1.43. The minimum Gasteiger partial charge on any atom is -0.768 e. The lowest BCUT2D eigenvalue weighted by atomic mass is 10.1. The number of fused-ring (bicyclic) bond motifs is 1. The van der Waals surface area contributed by atoms with Crippen molar-refractivity contribution in [2.45, 2.75) is 4.90 Å². The predicted molar refractivity (Wildman–Crippen MR) is 77.7 cm³/mol. The molecular formula is C12H13O5S2-. The van der Waals surface area contributed by atoms with Gasteiger partial charge in [-0.2, -0.15) is 0 Å². The molecule has 104 valence electrons. The van der Waals surface area contributed by atoms with Gasteiger partial charge in [-0.25, -0.2) is 0 Å². The molecule has 1 atom stereocenters. The average molecular weight is 301 g/mol. The Kier molecular flexibility index (Phi) is 6.13. The summed E-state index contributed by atoms with van der Waals surface area (Å²) in [6.07, 6.45) is 0. The summed E-state index contributed by atoms with van der Waals surface area (Å²) < 4.78 is 41.7. The molecule has 0 saturated heterocycles. The maximum atomic E-state index is 10.8. The molecule has 0 aliphatic heterocycles. The smallest absolute Gasteiger partial charge is 0.119 e. The van der Waals surface area contributed by atoms with E-state index in [1.54, 1.807) is 25.3 Å². The molecule has 0 radical (unpaired) electrons. The first-order chi connectivity index (χ1) is 8.93. The van der Waals surface area contributed by atoms with Crippen LogP contribution in [0.1, 0.15) is 0 Å². The predicted octanol–water partition coefficient (Wildman–Crippen LogP) is 2.72. The Bertz CT molecular complexity index is 608. The van der Waals surface area contributed by atoms with Crippen molar-refractivity contribution in [1.82, 2.24) is 0 Å². The maximum Gasteiger partial charge on any atom is 0.119 e. The van der Waals surface area contributed by atoms with Gasteiger partial charge in [0.2, 0.25) is 0 Å². The quantitative estimate of drug-likeness (QED) is 0.657. The molecule has 7 heteroatoms. The third kappa shape index (κ3) is 5.09. The highest BCUT2D eigenvalue weighted by Crippen LogP contribution is 2.22. The first-order valence-corrected chi connectivity index (χ1v) is 7.41. The van der Waals surface area contributed by atoms with E-state index in [1.807, 2.05) is 18.2 Å². The van der Waals surface area contributed by atoms with Crippen LogP contribution in [0.3, 0.4) is 0 Å². The molecule has 0 aliphatic carbocycles. The molecule has 0 saturated carbocycles. The Morgan fingerprint density at radius 1 is 1.16 bits per heavy atom. The highest BCUT2D eigenvalue weighted by molar-refractivity contribution is 8.03. The Hall–Kier alpha value is -1.25. The van der Waals surface area contributed by atoms with Gasteiger partial charge < -0.3 is 18.4 Å². The molecule has 2 aromatic rings. The third-order valence-corrected chi connectivity index (χ3v) is 2.85. The minimum absolute atomic E-state index is 0.288. The Morgan fingerprint density at radius 2 is 1.74 bits per heavy atom. The first kappa shape index (κ1) is 15.8. The van der Waals surface area contributed by atoms with Crippen molar-refractivity contribution < 1.29 is 22.6 Å². The number of ether oxygens (including phenoxy) is 1. The van der Waals surface area contributed by atoms with E-state index < -0.39 is 22.1 Å². The van der Waals surface area contributed by atoms with Gasteiger partial charge in [0.1, 0.15) is 5.75 Å². The van der Waals surface area contributed by atoms with Crippen molar-refractivity contribution in [1.29, 1.82) is 0 Å². The second-order valence-corrected chi connectivity index (χ2v) is 5.07. The molecule has 19 heavy (non-hydrogen) atoms. The van der Waals surface area contributed by atoms with Crippen LogP contribution in [0.2, 0.25) is 0 Å². The fraction of sp³-hybridized carbons (Fsp3) is 0.0833. The van der Waals surface area contributed by atoms with Crippen LogP contribution in [-0.2, 0) is 11.1 Å². The molecule has 5 nitrogen and oxygen atoms in total. The summed E-state index contributed by atoms with van der Waals surface area (Å²) in [6, 6.07) is 10.5. The monoisotopic (exact) mass is 301 g/mol. The van der Waals surface area contributed by atoms with Gasteiger partial charge in [0.25, 0.3) is 0 Å². The van der Waals surface area contributed by atoms with Crippen molar-refractivity contribution in [2.24, 2.45) is 0 Å². The number of rotatable bonds is 2. The largest absolute Gasteiger partial charge is 0.768 e. The molecule has 2 rings (SSSR count). The van der Waals surface area contributed by atoms with Gasteiger partial charge in [0, 0.05) is 4.90 Å². The first-order valence-electron chi connectivity index (χ1n) is 5.03. The van der Waals surface area contributed by atoms with Crippen LogP contribution in [0.5, 0.6) is 5.75 Å². The van der Waals surface area contributed by atoms with E-state index in [9.17, 15) is 8.76 Å². The SMILES string of the molecule is C=S(O)O.COc1ccc2ccc(S(=O)[O-])cc2c1. The van der Waals surface area contributed by atoms with Crippen molar-refractivity contribution in [3.63, 3.8) is 0 Å². The summed E-state index contributed by atoms with van der Waals surface area (Å²) >= 11 is -3.80. The van der Waals surface area contributed by atoms with Crippen molar-refractivity contribution >= 4 is 38.8 Å². The second kappa shape index (κ2) is 7.37. The van der Waals surface area contributed by atoms with Crippen LogP contribution < -0.4 is 4.74 Å². The Labute approximate surface area is 116 Å². The van der Waals surface area contributed by atoms with Gasteiger partial charge >= 0.3 is 0 Å². The zero-order valence-electron chi connectivity index (χ0n) is 10.1. The van der Waals surface area contributed by atoms with Gasteiger partial charge in [-0.3, -0.25) is 4.21 Å². The van der Waals surface area contributed by atoms with Crippen LogP contribution in [0.15, 0.2) is 41.3 Å². The van der Waals surface area contributed by atoms with Crippen LogP contribution in [0.4, 0.5) is 0 Å². The maximum absolute atomic E-state index is 10.8. The molecule has 0 fully saturated rings. The standard InChI is InChI=1S/C11H10O3S.CH4O2S/c1-14-10-4-2-8-3-5-11(15(12)13)7-9(8)6-10;1-4(2)3/h2-7H,1H3,(H,12,13);2-3H,1H2/p-1. The molecular weight excluding hydrogens is 288 g/mol. The lowest BCUT2D eigenvalue weighted by Gasteiger charge is -2.07. The van der Waals surface area contributed by atoms with Crippen LogP contribution >= 0.6 is 11.0 Å². The minimum atomic E-state index is -2.18. The van der Waals surface area contributed by atoms with Gasteiger partial charge in [-0.1, -0.05) is 12.1 Å². The van der Waals surface area contributed by atoms with Crippen molar-refractivity contribution in [3.05, 3.63) is 36.4 Å². The summed E-state index contributed by atoms with van der Waals surface area (Å²) in [7, 11) is 1.58. The summed E-state index contributed by atoms with van der Waals surface area (Å²) in [6.45, 7) is 0. The highest BCUT2D eigenvalue weighted by Gasteiger charge is 1.98. The summed E-state index contributed by atoms with van der Waals surface area (Å²) in [5.41, 5.74) is 0. The van der Waals surface area contributed by atoms with E-state index in [1.165, 1.54) is 0 Å². The van der Waals surface area contributed by atoms with E-state index in [0.29, 0.717) is 0 Å². The van der Waals surface area contributed by atoms with Crippen LogP contribution in [0.25, 0.3) is 10.8 Å². The molecule has 0 heterocycles. The number of benzene rings is 2. The topological polar surface area (TPSA) is 89.8 Å². The fourth-order valence-corrected chi connectivity index (χ4v) is 1.84. The molecule has 0 aliphatic rings. The van der Waals surface area contributed by atoms with E-state index in [-0.39, 0.29) is 4.90 Å². The third-order valence-electron chi connectivity index (χ3n) is 2.21. The van der Waals surface area contributed by atoms with Gasteiger partial charge in [-0.15, -0.1) is 0 Å². The summed E-state index contributed by atoms with van der Waals surface area (Å²) in [4.78, 5) is 0.288. The van der Waals surface area contributed by atoms with E-state index in [0.717, 1.165) is 16.5 Å². The number of methoxy groups -OCH3 is 1. The zero-order valence-corrected chi connectivity index (χ0v) is 11.7. The van der Waals surface area contributed by atoms with Crippen molar-refractivity contribution in [3.8, 4) is 5.75 Å². The van der Waals surface area contributed by atoms with Gasteiger partial charge in [0.05, 0.1) is 18.2 Å². The van der Waals surface area contributed by atoms with Gasteiger partial charge in [0.15, 0.2) is 0 Å². The van der Waals surface area contributed by atoms with Crippen LogP contribution in [-0.4, -0.2) is 30.8 Å². The average Bonchev–Trinajstić information content (AvgIpc) is 2.36. The molecule has 2 N–H and O–H groups in total. The van der Waals surface area contributed by atoms with E-state index in [4.69, 9.17) is 13.8 Å². The van der Waals surface area contributed by atoms with Crippen molar-refractivity contribution in [2.75, 3.05) is 7.11 Å². The van der Waals surface area contributed by atoms with Crippen LogP contribution in [0, 0.1) is 0 Å². The Morgan fingerprint density at radius 3 is 2.26 bits per heavy atom. The lowest BCUT2D eigenvalue weighted by molar-refractivity contribution is 0.415. The number of hydrogen-bond donors (Lipinski definition) is 2. The molecule has 2 aromatic carbocycles. The van der Waals surface area contributed by atoms with E-state index >= 15 is 0 Å². The lowest BCUT2D eigenvalue weighted by Crippen LogP contribution is -1.88. The second-order valence-electron chi connectivity index (χ2n) is 3.45. The summed E-state index contributed by atoms with van der Waals surface area (Å²) in [5.74, 6) is 3.50. The Balaban J connectivity index is 0.000000399. The zero-order chi connectivity index (χ0) is 14.4. The number of hydrogen-bond acceptors (Lipinski definition) is 5. The molecule has 0 spiro atoms. The molecule has 0 aromatic heterocycles. The normalized spacial score (nSPS) is 11.8.